The van der Waals surface area contributed by atoms with Gasteiger partial charge in [0, 0.05) is 6.04 Å². The molecule has 1 heterocycles. The highest BCUT2D eigenvalue weighted by Gasteiger charge is 2.20. The fraction of sp³-hybridized carbons (Fsp3) is 0.455. The molecule has 1 atom stereocenters. The molecule has 6 heteroatoms. The van der Waals surface area contributed by atoms with Crippen LogP contribution in [0.15, 0.2) is 6.33 Å². The lowest BCUT2D eigenvalue weighted by molar-refractivity contribution is -0.124. The van der Waals surface area contributed by atoms with E-state index in [0.29, 0.717) is 0 Å². The molecule has 1 rings (SSSR count). The predicted octanol–water partition coefficient (Wildman–Crippen LogP) is 0.712. The van der Waals surface area contributed by atoms with Gasteiger partial charge in [-0.05, 0) is 20.8 Å². The molecule has 88 valence electrons. The number of imidazole rings is 1. The molecular weight excluding hydrogens is 218 g/mol. The molecule has 1 amide bonds. The average Bonchev–Trinajstić information content (AvgIpc) is 2.69. The molecule has 1 unspecified atom stereocenters. The van der Waals surface area contributed by atoms with Crippen LogP contribution in [0.3, 0.4) is 0 Å². The first-order valence-corrected chi connectivity index (χ1v) is 5.18. The van der Waals surface area contributed by atoms with Crippen LogP contribution in [0.5, 0.6) is 0 Å². The Kier molecular flexibility index (Phi) is 3.84. The van der Waals surface area contributed by atoms with Crippen LogP contribution in [0.4, 0.5) is 0 Å². The number of nitriles is 2. The average molecular weight is 231 g/mol. The maximum absolute atomic E-state index is 11.8. The molecule has 17 heavy (non-hydrogen) atoms. The van der Waals surface area contributed by atoms with E-state index in [9.17, 15) is 4.79 Å². The van der Waals surface area contributed by atoms with Gasteiger partial charge in [-0.3, -0.25) is 4.79 Å². The van der Waals surface area contributed by atoms with Gasteiger partial charge >= 0.3 is 0 Å². The number of hydrogen-bond donors (Lipinski definition) is 1. The summed E-state index contributed by atoms with van der Waals surface area (Å²) >= 11 is 0. The number of nitrogens with one attached hydrogen (secondary N) is 1. The van der Waals surface area contributed by atoms with Crippen LogP contribution in [-0.2, 0) is 4.79 Å². The lowest BCUT2D eigenvalue weighted by Gasteiger charge is -2.16. The van der Waals surface area contributed by atoms with Gasteiger partial charge in [0.15, 0.2) is 11.4 Å². The van der Waals surface area contributed by atoms with E-state index in [2.05, 4.69) is 10.3 Å². The number of nitrogens with zero attached hydrogens (tertiary/aromatic N) is 4. The molecule has 0 fully saturated rings. The number of amides is 1. The summed E-state index contributed by atoms with van der Waals surface area (Å²) in [5.41, 5.74) is 0.149. The van der Waals surface area contributed by atoms with Crippen molar-refractivity contribution in [2.24, 2.45) is 0 Å². The highest BCUT2D eigenvalue weighted by molar-refractivity contribution is 5.80. The minimum atomic E-state index is -0.568. The summed E-state index contributed by atoms with van der Waals surface area (Å²) in [6, 6.07) is 3.15. The van der Waals surface area contributed by atoms with E-state index in [4.69, 9.17) is 10.5 Å². The summed E-state index contributed by atoms with van der Waals surface area (Å²) < 4.78 is 1.40. The zero-order chi connectivity index (χ0) is 13.0. The molecule has 0 aliphatic heterocycles. The van der Waals surface area contributed by atoms with Crippen molar-refractivity contribution in [2.45, 2.75) is 32.9 Å². The number of carbonyl (C=O) groups is 1. The molecular formula is C11H13N5O. The first-order valence-electron chi connectivity index (χ1n) is 5.18. The molecule has 0 saturated carbocycles. The van der Waals surface area contributed by atoms with Crippen molar-refractivity contribution in [3.05, 3.63) is 17.7 Å². The third kappa shape index (κ3) is 2.61. The molecule has 0 spiro atoms. The summed E-state index contributed by atoms with van der Waals surface area (Å²) in [4.78, 5) is 15.6. The first kappa shape index (κ1) is 12.7. The third-order valence-corrected chi connectivity index (χ3v) is 2.23. The second-order valence-electron chi connectivity index (χ2n) is 3.91. The third-order valence-electron chi connectivity index (χ3n) is 2.23. The number of carbonyl (C=O) groups excluding carboxylic acids is 1. The lowest BCUT2D eigenvalue weighted by atomic mass is 10.2. The van der Waals surface area contributed by atoms with E-state index in [1.54, 1.807) is 6.92 Å². The zero-order valence-corrected chi connectivity index (χ0v) is 9.93. The van der Waals surface area contributed by atoms with Gasteiger partial charge in [-0.2, -0.15) is 10.5 Å². The second kappa shape index (κ2) is 5.13. The Morgan fingerprint density at radius 2 is 2.06 bits per heavy atom. The van der Waals surface area contributed by atoms with E-state index < -0.39 is 6.04 Å². The zero-order valence-electron chi connectivity index (χ0n) is 9.93. The Balaban J connectivity index is 3.02. The Bertz CT molecular complexity index is 503. The van der Waals surface area contributed by atoms with Crippen molar-refractivity contribution in [2.75, 3.05) is 0 Å². The van der Waals surface area contributed by atoms with Crippen LogP contribution in [-0.4, -0.2) is 21.5 Å². The maximum atomic E-state index is 11.8. The summed E-state index contributed by atoms with van der Waals surface area (Å²) in [5.74, 6) is -0.210. The normalized spacial score (nSPS) is 11.6. The molecule has 0 bridgehead atoms. The maximum Gasteiger partial charge on any atom is 0.243 e. The summed E-state index contributed by atoms with van der Waals surface area (Å²) in [7, 11) is 0. The largest absolute Gasteiger partial charge is 0.352 e. The van der Waals surface area contributed by atoms with E-state index in [-0.39, 0.29) is 23.3 Å². The molecule has 1 N–H and O–H groups in total. The molecule has 1 aromatic rings. The summed E-state index contributed by atoms with van der Waals surface area (Å²) in [5, 5.41) is 20.4. The van der Waals surface area contributed by atoms with E-state index in [1.807, 2.05) is 26.0 Å². The molecule has 1 aromatic heterocycles. The quantitative estimate of drug-likeness (QED) is 0.828. The van der Waals surface area contributed by atoms with Gasteiger partial charge in [0.05, 0.1) is 6.33 Å². The Labute approximate surface area is 99.5 Å². The van der Waals surface area contributed by atoms with Crippen LogP contribution in [0.25, 0.3) is 0 Å². The van der Waals surface area contributed by atoms with Crippen molar-refractivity contribution < 1.29 is 4.79 Å². The minimum absolute atomic E-state index is 0.0226. The van der Waals surface area contributed by atoms with Gasteiger partial charge in [-0.1, -0.05) is 0 Å². The van der Waals surface area contributed by atoms with Crippen LogP contribution < -0.4 is 5.32 Å². The smallest absolute Gasteiger partial charge is 0.243 e. The van der Waals surface area contributed by atoms with Gasteiger partial charge in [-0.15, -0.1) is 0 Å². The highest BCUT2D eigenvalue weighted by atomic mass is 16.2. The summed E-state index contributed by atoms with van der Waals surface area (Å²) in [6.45, 7) is 5.36. The van der Waals surface area contributed by atoms with Gasteiger partial charge < -0.3 is 9.88 Å². The predicted molar refractivity (Wildman–Crippen MR) is 59.6 cm³/mol. The Morgan fingerprint density at radius 3 is 2.53 bits per heavy atom. The van der Waals surface area contributed by atoms with Gasteiger partial charge in [0.1, 0.15) is 18.2 Å². The van der Waals surface area contributed by atoms with Crippen LogP contribution >= 0.6 is 0 Å². The van der Waals surface area contributed by atoms with Crippen molar-refractivity contribution in [3.63, 3.8) is 0 Å². The van der Waals surface area contributed by atoms with Gasteiger partial charge in [0.2, 0.25) is 5.91 Å². The van der Waals surface area contributed by atoms with Gasteiger partial charge in [-0.25, -0.2) is 4.98 Å². The Hall–Kier alpha value is -2.34. The Morgan fingerprint density at radius 1 is 1.41 bits per heavy atom. The second-order valence-corrected chi connectivity index (χ2v) is 3.91. The fourth-order valence-corrected chi connectivity index (χ4v) is 1.38. The molecule has 0 radical (unpaired) electrons. The molecule has 0 aliphatic rings. The molecule has 0 aliphatic carbocycles. The van der Waals surface area contributed by atoms with Crippen molar-refractivity contribution in [1.29, 1.82) is 10.5 Å². The van der Waals surface area contributed by atoms with Crippen LogP contribution in [0.2, 0.25) is 0 Å². The van der Waals surface area contributed by atoms with E-state index in [1.165, 1.54) is 10.9 Å². The monoisotopic (exact) mass is 231 g/mol. The van der Waals surface area contributed by atoms with E-state index >= 15 is 0 Å². The lowest BCUT2D eigenvalue weighted by Crippen LogP contribution is -2.35. The number of hydrogen-bond acceptors (Lipinski definition) is 4. The van der Waals surface area contributed by atoms with Crippen molar-refractivity contribution >= 4 is 5.91 Å². The fourth-order valence-electron chi connectivity index (χ4n) is 1.38. The highest BCUT2D eigenvalue weighted by Crippen LogP contribution is 2.13. The first-order chi connectivity index (χ1) is 8.01. The van der Waals surface area contributed by atoms with Crippen LogP contribution in [0, 0.1) is 22.7 Å². The standard InChI is InChI=1S/C11H13N5O/c1-7(2)15-11(17)8(3)16-6-14-9(4-12)10(16)5-13/h6-8H,1-3H3,(H,15,17). The number of rotatable bonds is 3. The minimum Gasteiger partial charge on any atom is -0.352 e. The van der Waals surface area contributed by atoms with E-state index in [0.717, 1.165) is 0 Å². The van der Waals surface area contributed by atoms with Crippen molar-refractivity contribution in [1.82, 2.24) is 14.9 Å². The molecule has 0 aromatic carbocycles. The molecule has 0 saturated heterocycles. The van der Waals surface area contributed by atoms with Gasteiger partial charge in [0.25, 0.3) is 0 Å². The topological polar surface area (TPSA) is 94.5 Å². The SMILES string of the molecule is CC(C)NC(=O)C(C)n1cnc(C#N)c1C#N. The molecule has 6 nitrogen and oxygen atoms in total. The van der Waals surface area contributed by atoms with Crippen LogP contribution in [0.1, 0.15) is 38.2 Å². The number of aromatic nitrogens is 2. The van der Waals surface area contributed by atoms with Crippen molar-refractivity contribution in [3.8, 4) is 12.1 Å². The summed E-state index contributed by atoms with van der Waals surface area (Å²) in [6.07, 6.45) is 1.34.